The lowest BCUT2D eigenvalue weighted by Crippen LogP contribution is -2.47. The molecule has 1 aromatic heterocycles. The second-order valence-corrected chi connectivity index (χ2v) is 9.89. The molecule has 0 bridgehead atoms. The van der Waals surface area contributed by atoms with Gasteiger partial charge in [-0.15, -0.1) is 0 Å². The summed E-state index contributed by atoms with van der Waals surface area (Å²) < 4.78 is 35.1. The Morgan fingerprint density at radius 1 is 1.05 bits per heavy atom. The van der Waals surface area contributed by atoms with Crippen molar-refractivity contribution in [3.8, 4) is 5.75 Å². The minimum Gasteiger partial charge on any atom is -0.503 e. The molecule has 10 heteroatoms. The quantitative estimate of drug-likeness (QED) is 0.503. The number of aromatic nitrogens is 1. The van der Waals surface area contributed by atoms with E-state index < -0.39 is 58.9 Å². The van der Waals surface area contributed by atoms with Crippen molar-refractivity contribution in [3.05, 3.63) is 123 Å². The first-order chi connectivity index (χ1) is 19.3. The highest BCUT2D eigenvalue weighted by Gasteiger charge is 2.50. The molecule has 2 aliphatic heterocycles. The number of rotatable bonds is 5. The molecule has 2 N–H and O–H groups in total. The molecule has 0 saturated carbocycles. The normalized spacial score (nSPS) is 23.6. The molecular formula is C30H25F2N3O5. The molecule has 2 amide bonds. The molecule has 1 fully saturated rings. The molecule has 3 aromatic rings. The smallest absolute Gasteiger partial charge is 0.277 e. The monoisotopic (exact) mass is 545 g/mol. The minimum atomic E-state index is -1.43. The van der Waals surface area contributed by atoms with Gasteiger partial charge in [0.15, 0.2) is 17.7 Å². The van der Waals surface area contributed by atoms with Crippen LogP contribution in [0.3, 0.4) is 0 Å². The van der Waals surface area contributed by atoms with E-state index in [9.17, 15) is 28.3 Å². The van der Waals surface area contributed by atoms with Crippen LogP contribution in [-0.4, -0.2) is 45.3 Å². The molecular weight excluding hydrogens is 520 g/mol. The summed E-state index contributed by atoms with van der Waals surface area (Å²) in [4.78, 5) is 41.3. The zero-order valence-electron chi connectivity index (χ0n) is 21.2. The van der Waals surface area contributed by atoms with Crippen LogP contribution in [0.2, 0.25) is 0 Å². The zero-order valence-corrected chi connectivity index (χ0v) is 21.2. The number of nitrogens with zero attached hydrogens (tertiary/aromatic N) is 2. The van der Waals surface area contributed by atoms with Crippen molar-refractivity contribution >= 4 is 11.8 Å². The van der Waals surface area contributed by atoms with E-state index in [0.717, 1.165) is 17.2 Å². The lowest BCUT2D eigenvalue weighted by Gasteiger charge is -2.35. The molecule has 1 unspecified atom stereocenters. The third kappa shape index (κ3) is 4.40. The average Bonchev–Trinajstić information content (AvgIpc) is 3.35. The van der Waals surface area contributed by atoms with Crippen LogP contribution >= 0.6 is 0 Å². The number of hydrogen-bond acceptors (Lipinski definition) is 5. The van der Waals surface area contributed by atoms with Gasteiger partial charge in [-0.05, 0) is 17.2 Å². The maximum Gasteiger partial charge on any atom is 0.277 e. The van der Waals surface area contributed by atoms with Crippen LogP contribution in [0, 0.1) is 0 Å². The van der Waals surface area contributed by atoms with Gasteiger partial charge in [-0.3, -0.25) is 19.3 Å². The van der Waals surface area contributed by atoms with Gasteiger partial charge in [-0.2, -0.15) is 0 Å². The number of benzene rings is 2. The van der Waals surface area contributed by atoms with Crippen LogP contribution < -0.4 is 10.7 Å². The summed E-state index contributed by atoms with van der Waals surface area (Å²) in [5, 5.41) is 13.3. The lowest BCUT2D eigenvalue weighted by molar-refractivity contribution is -0.0154. The van der Waals surface area contributed by atoms with E-state index in [1.54, 1.807) is 0 Å². The number of ether oxygens (including phenoxy) is 1. The van der Waals surface area contributed by atoms with Crippen molar-refractivity contribution in [2.75, 3.05) is 6.54 Å². The molecule has 0 radical (unpaired) electrons. The lowest BCUT2D eigenvalue weighted by atomic mass is 9.94. The van der Waals surface area contributed by atoms with Crippen molar-refractivity contribution in [2.45, 2.75) is 37.5 Å². The number of nitrogens with one attached hydrogen (secondary N) is 1. The molecule has 6 rings (SSSR count). The molecule has 3 aliphatic rings. The molecule has 1 aliphatic carbocycles. The van der Waals surface area contributed by atoms with Gasteiger partial charge in [0, 0.05) is 24.7 Å². The summed E-state index contributed by atoms with van der Waals surface area (Å²) >= 11 is 0. The van der Waals surface area contributed by atoms with Gasteiger partial charge in [-0.25, -0.2) is 8.78 Å². The number of carbonyl (C=O) groups excluding carboxylic acids is 2. The number of alkyl halides is 1. The Balaban J connectivity index is 1.33. The predicted molar refractivity (Wildman–Crippen MR) is 141 cm³/mol. The summed E-state index contributed by atoms with van der Waals surface area (Å²) in [6, 6.07) is 18.3. The van der Waals surface area contributed by atoms with Crippen molar-refractivity contribution in [2.24, 2.45) is 0 Å². The van der Waals surface area contributed by atoms with Gasteiger partial charge in [-0.1, -0.05) is 66.7 Å². The van der Waals surface area contributed by atoms with E-state index >= 15 is 0 Å². The number of halogens is 2. The van der Waals surface area contributed by atoms with E-state index in [2.05, 4.69) is 5.32 Å². The van der Waals surface area contributed by atoms with Crippen LogP contribution in [0.15, 0.2) is 95.2 Å². The van der Waals surface area contributed by atoms with Crippen LogP contribution in [0.25, 0.3) is 0 Å². The fourth-order valence-corrected chi connectivity index (χ4v) is 5.50. The van der Waals surface area contributed by atoms with Gasteiger partial charge >= 0.3 is 0 Å². The highest BCUT2D eigenvalue weighted by atomic mass is 19.1. The van der Waals surface area contributed by atoms with Gasteiger partial charge in [0.05, 0.1) is 12.6 Å². The SMILES string of the molecule is O=C(NCC1=CCC(F)C=C1F)c1cn2c(c(O)c1=O)C(=O)N1[C@H](C2)O[C@@H](c2ccccc2)[C@H]1c1ccccc1. The van der Waals surface area contributed by atoms with Crippen LogP contribution in [0.5, 0.6) is 5.75 Å². The summed E-state index contributed by atoms with van der Waals surface area (Å²) in [5.74, 6) is -3.10. The van der Waals surface area contributed by atoms with Gasteiger partial charge in [0.2, 0.25) is 5.43 Å². The van der Waals surface area contributed by atoms with Crippen molar-refractivity contribution in [1.29, 1.82) is 0 Å². The summed E-state index contributed by atoms with van der Waals surface area (Å²) in [5.41, 5.74) is 0.102. The summed E-state index contributed by atoms with van der Waals surface area (Å²) in [6.07, 6.45) is 0.666. The number of hydrogen-bond donors (Lipinski definition) is 2. The third-order valence-electron chi connectivity index (χ3n) is 7.42. The van der Waals surface area contributed by atoms with E-state index in [-0.39, 0.29) is 30.8 Å². The molecule has 4 atom stereocenters. The van der Waals surface area contributed by atoms with E-state index in [1.165, 1.54) is 21.7 Å². The fraction of sp³-hybridized carbons (Fsp3) is 0.233. The Bertz CT molecular complexity index is 1600. The third-order valence-corrected chi connectivity index (χ3v) is 7.42. The topological polar surface area (TPSA) is 101 Å². The van der Waals surface area contributed by atoms with Crippen molar-refractivity contribution in [3.63, 3.8) is 0 Å². The van der Waals surface area contributed by atoms with Crippen LogP contribution in [-0.2, 0) is 11.3 Å². The largest absolute Gasteiger partial charge is 0.503 e. The van der Waals surface area contributed by atoms with Gasteiger partial charge in [0.1, 0.15) is 23.7 Å². The molecule has 8 nitrogen and oxygen atoms in total. The standard InChI is InChI=1S/C30H25F2N3O5/c31-20-12-11-19(22(32)13-20)14-33-29(38)21-15-34-16-23-35(30(39)25(34)27(37)26(21)36)24(17-7-3-1-4-8-17)28(40-23)18-9-5-2-6-10-18/h1-11,13,15,20,23-24,28,37H,12,14,16H2,(H,33,38)/t20?,23-,24+,28-/m0/s1. The zero-order chi connectivity index (χ0) is 28.0. The number of carbonyl (C=O) groups is 2. The highest BCUT2D eigenvalue weighted by Crippen LogP contribution is 2.47. The van der Waals surface area contributed by atoms with Gasteiger partial charge in [0.25, 0.3) is 11.8 Å². The Labute approximate surface area is 227 Å². The first-order valence-electron chi connectivity index (χ1n) is 12.9. The number of fused-ring (bicyclic) bond motifs is 2. The number of amides is 2. The Morgan fingerprint density at radius 2 is 1.73 bits per heavy atom. The molecule has 40 heavy (non-hydrogen) atoms. The van der Waals surface area contributed by atoms with Crippen LogP contribution in [0.1, 0.15) is 50.5 Å². The molecule has 204 valence electrons. The Kier molecular flexibility index (Phi) is 6.55. The predicted octanol–water partition coefficient (Wildman–Crippen LogP) is 4.10. The molecule has 0 spiro atoms. The molecule has 1 saturated heterocycles. The molecule has 2 aromatic carbocycles. The first kappa shape index (κ1) is 25.7. The number of allylic oxidation sites excluding steroid dienone is 2. The minimum absolute atomic E-state index is 0.0190. The van der Waals surface area contributed by atoms with Crippen molar-refractivity contribution in [1.82, 2.24) is 14.8 Å². The van der Waals surface area contributed by atoms with Crippen molar-refractivity contribution < 1.29 is 28.2 Å². The van der Waals surface area contributed by atoms with Crippen LogP contribution in [0.4, 0.5) is 8.78 Å². The molecule has 3 heterocycles. The second-order valence-electron chi connectivity index (χ2n) is 9.89. The van der Waals surface area contributed by atoms with E-state index in [1.807, 2.05) is 60.7 Å². The Morgan fingerprint density at radius 3 is 2.40 bits per heavy atom. The van der Waals surface area contributed by atoms with Gasteiger partial charge < -0.3 is 19.7 Å². The number of pyridine rings is 1. The first-order valence-corrected chi connectivity index (χ1v) is 12.9. The van der Waals surface area contributed by atoms with E-state index in [0.29, 0.717) is 0 Å². The summed E-state index contributed by atoms with van der Waals surface area (Å²) in [6.45, 7) is -0.214. The Hall–Kier alpha value is -4.57. The number of aromatic hydroxyl groups is 1. The van der Waals surface area contributed by atoms with E-state index in [4.69, 9.17) is 4.74 Å². The second kappa shape index (κ2) is 10.2. The highest BCUT2D eigenvalue weighted by molar-refractivity contribution is 5.99. The maximum atomic E-state index is 14.0. The summed E-state index contributed by atoms with van der Waals surface area (Å²) in [7, 11) is 0. The maximum absolute atomic E-state index is 14.0. The average molecular weight is 546 g/mol. The fourth-order valence-electron chi connectivity index (χ4n) is 5.50.